The van der Waals surface area contributed by atoms with Gasteiger partial charge in [-0.05, 0) is 46.1 Å². The zero-order chi connectivity index (χ0) is 12.6. The lowest BCUT2D eigenvalue weighted by Crippen LogP contribution is -2.17. The van der Waals surface area contributed by atoms with E-state index in [-0.39, 0.29) is 5.82 Å². The minimum Gasteiger partial charge on any atom is -0.319 e. The summed E-state index contributed by atoms with van der Waals surface area (Å²) < 4.78 is 15.4. The van der Waals surface area contributed by atoms with Crippen LogP contribution in [0.25, 0.3) is 0 Å². The van der Waals surface area contributed by atoms with Crippen LogP contribution in [0.5, 0.6) is 0 Å². The molecule has 0 spiro atoms. The fraction of sp³-hybridized carbons (Fsp3) is 0.273. The first-order valence-corrected chi connectivity index (χ1v) is 5.86. The number of aromatic nitrogens is 3. The Labute approximate surface area is 107 Å². The maximum absolute atomic E-state index is 13.2. The smallest absolute Gasteiger partial charge is 0.153 e. The van der Waals surface area contributed by atoms with Crippen LogP contribution in [-0.4, -0.2) is 15.0 Å². The van der Waals surface area contributed by atoms with Crippen LogP contribution in [0, 0.1) is 12.7 Å². The van der Waals surface area contributed by atoms with Gasteiger partial charge in [-0.1, -0.05) is 11.3 Å². The summed E-state index contributed by atoms with van der Waals surface area (Å²) in [7, 11) is 1.75. The molecule has 4 nitrogen and oxygen atoms in total. The largest absolute Gasteiger partial charge is 0.319 e. The van der Waals surface area contributed by atoms with Crippen LogP contribution in [0.3, 0.4) is 0 Å². The monoisotopic (exact) mass is 298 g/mol. The highest BCUT2D eigenvalue weighted by Crippen LogP contribution is 2.27. The summed E-state index contributed by atoms with van der Waals surface area (Å²) in [5, 5.41) is 7.73. The fourth-order valence-corrected chi connectivity index (χ4v) is 2.34. The molecular formula is C11H12BrFN4. The Morgan fingerprint density at radius 3 is 2.76 bits per heavy atom. The Morgan fingerprint density at radius 1 is 1.47 bits per heavy atom. The third-order valence-corrected chi connectivity index (χ3v) is 3.26. The first-order chi connectivity index (χ1) is 8.00. The number of hydrogen-bond donors (Lipinski definition) is 1. The van der Waals surface area contributed by atoms with Crippen molar-refractivity contribution in [2.45, 2.75) is 13.0 Å². The predicted molar refractivity (Wildman–Crippen MR) is 65.9 cm³/mol. The Morgan fingerprint density at radius 2 is 2.18 bits per heavy atom. The zero-order valence-electron chi connectivity index (χ0n) is 9.48. The van der Waals surface area contributed by atoms with E-state index in [1.807, 2.05) is 6.92 Å². The molecule has 0 radical (unpaired) electrons. The number of hydrogen-bond acceptors (Lipinski definition) is 3. The van der Waals surface area contributed by atoms with Crippen LogP contribution in [-0.2, 0) is 7.05 Å². The molecule has 1 aromatic heterocycles. The number of benzene rings is 1. The van der Waals surface area contributed by atoms with E-state index >= 15 is 0 Å². The van der Waals surface area contributed by atoms with Gasteiger partial charge < -0.3 is 5.73 Å². The summed E-state index contributed by atoms with van der Waals surface area (Å²) in [6, 6.07) is 4.11. The molecule has 2 rings (SSSR count). The van der Waals surface area contributed by atoms with E-state index in [1.165, 1.54) is 12.1 Å². The van der Waals surface area contributed by atoms with Crippen LogP contribution in [0.4, 0.5) is 4.39 Å². The topological polar surface area (TPSA) is 56.7 Å². The molecule has 1 heterocycles. The molecule has 6 heteroatoms. The molecule has 2 aromatic rings. The summed E-state index contributed by atoms with van der Waals surface area (Å²) in [5.41, 5.74) is 8.53. The molecule has 0 amide bonds. The predicted octanol–water partition coefficient (Wildman–Crippen LogP) is 2.07. The Kier molecular flexibility index (Phi) is 3.26. The molecule has 0 aliphatic heterocycles. The van der Waals surface area contributed by atoms with Crippen molar-refractivity contribution in [3.8, 4) is 0 Å². The van der Waals surface area contributed by atoms with Crippen LogP contribution >= 0.6 is 15.9 Å². The van der Waals surface area contributed by atoms with E-state index < -0.39 is 6.04 Å². The van der Waals surface area contributed by atoms with Crippen molar-refractivity contribution in [3.05, 3.63) is 45.4 Å². The summed E-state index contributed by atoms with van der Waals surface area (Å²) >= 11 is 3.29. The van der Waals surface area contributed by atoms with Crippen LogP contribution in [0.1, 0.15) is 22.9 Å². The lowest BCUT2D eigenvalue weighted by molar-refractivity contribution is 0.616. The van der Waals surface area contributed by atoms with Crippen molar-refractivity contribution >= 4 is 15.9 Å². The summed E-state index contributed by atoms with van der Waals surface area (Å²) in [6.07, 6.45) is 0. The van der Waals surface area contributed by atoms with Gasteiger partial charge >= 0.3 is 0 Å². The van der Waals surface area contributed by atoms with Gasteiger partial charge in [0, 0.05) is 7.05 Å². The third kappa shape index (κ3) is 2.23. The molecule has 1 aromatic carbocycles. The molecule has 90 valence electrons. The van der Waals surface area contributed by atoms with Crippen molar-refractivity contribution in [2.24, 2.45) is 12.8 Å². The van der Waals surface area contributed by atoms with Crippen molar-refractivity contribution in [3.63, 3.8) is 0 Å². The minimum atomic E-state index is -0.458. The molecule has 0 fully saturated rings. The van der Waals surface area contributed by atoms with Crippen molar-refractivity contribution < 1.29 is 4.39 Å². The van der Waals surface area contributed by atoms with E-state index in [1.54, 1.807) is 17.8 Å². The number of halogens is 2. The number of aryl methyl sites for hydroxylation is 2. The molecule has 0 bridgehead atoms. The van der Waals surface area contributed by atoms with Gasteiger partial charge in [0.2, 0.25) is 0 Å². The van der Waals surface area contributed by atoms with E-state index in [0.717, 1.165) is 16.8 Å². The van der Waals surface area contributed by atoms with Gasteiger partial charge in [-0.25, -0.2) is 9.07 Å². The van der Waals surface area contributed by atoms with E-state index in [4.69, 9.17) is 5.73 Å². The highest BCUT2D eigenvalue weighted by atomic mass is 79.9. The zero-order valence-corrected chi connectivity index (χ0v) is 11.1. The lowest BCUT2D eigenvalue weighted by atomic mass is 10.00. The second kappa shape index (κ2) is 4.54. The van der Waals surface area contributed by atoms with Gasteiger partial charge in [0.15, 0.2) is 4.60 Å². The quantitative estimate of drug-likeness (QED) is 0.923. The van der Waals surface area contributed by atoms with Crippen molar-refractivity contribution in [1.82, 2.24) is 15.0 Å². The molecule has 1 unspecified atom stereocenters. The summed E-state index contributed by atoms with van der Waals surface area (Å²) in [5.74, 6) is -0.299. The second-order valence-electron chi connectivity index (χ2n) is 3.87. The molecule has 0 aliphatic rings. The Hall–Kier alpha value is -1.27. The first-order valence-electron chi connectivity index (χ1n) is 5.07. The van der Waals surface area contributed by atoms with Gasteiger partial charge in [-0.15, -0.1) is 5.10 Å². The number of rotatable bonds is 2. The first kappa shape index (κ1) is 12.2. The van der Waals surface area contributed by atoms with Gasteiger partial charge in [-0.2, -0.15) is 0 Å². The summed E-state index contributed by atoms with van der Waals surface area (Å²) in [6.45, 7) is 1.90. The van der Waals surface area contributed by atoms with Gasteiger partial charge in [0.25, 0.3) is 0 Å². The van der Waals surface area contributed by atoms with Crippen LogP contribution in [0.2, 0.25) is 0 Å². The standard InChI is InChI=1S/C11H12BrFN4/c1-6-3-4-7(13)5-8(6)9(14)10-11(12)15-16-17(10)2/h3-5,9H,14H2,1-2H3. The Bertz CT molecular complexity index is 533. The molecule has 2 N–H and O–H groups in total. The fourth-order valence-electron chi connectivity index (χ4n) is 1.76. The molecule has 17 heavy (non-hydrogen) atoms. The average molecular weight is 299 g/mol. The van der Waals surface area contributed by atoms with E-state index in [0.29, 0.717) is 4.60 Å². The van der Waals surface area contributed by atoms with Crippen LogP contribution in [0.15, 0.2) is 22.8 Å². The Balaban J connectivity index is 2.50. The molecule has 0 saturated carbocycles. The maximum Gasteiger partial charge on any atom is 0.153 e. The van der Waals surface area contributed by atoms with Gasteiger partial charge in [0.1, 0.15) is 5.82 Å². The lowest BCUT2D eigenvalue weighted by Gasteiger charge is -2.15. The minimum absolute atomic E-state index is 0.299. The van der Waals surface area contributed by atoms with Crippen molar-refractivity contribution in [2.75, 3.05) is 0 Å². The maximum atomic E-state index is 13.2. The second-order valence-corrected chi connectivity index (χ2v) is 4.62. The normalized spacial score (nSPS) is 12.8. The summed E-state index contributed by atoms with van der Waals surface area (Å²) in [4.78, 5) is 0. The average Bonchev–Trinajstić information content (AvgIpc) is 2.61. The van der Waals surface area contributed by atoms with Crippen LogP contribution < -0.4 is 5.73 Å². The van der Waals surface area contributed by atoms with E-state index in [9.17, 15) is 4.39 Å². The molecule has 1 atom stereocenters. The third-order valence-electron chi connectivity index (χ3n) is 2.70. The molecular weight excluding hydrogens is 287 g/mol. The van der Waals surface area contributed by atoms with Crippen molar-refractivity contribution in [1.29, 1.82) is 0 Å². The molecule has 0 aliphatic carbocycles. The highest BCUT2D eigenvalue weighted by molar-refractivity contribution is 9.10. The van der Waals surface area contributed by atoms with Gasteiger partial charge in [0.05, 0.1) is 11.7 Å². The number of nitrogens with zero attached hydrogens (tertiary/aromatic N) is 3. The molecule has 0 saturated heterocycles. The number of nitrogens with two attached hydrogens (primary N) is 1. The van der Waals surface area contributed by atoms with Gasteiger partial charge in [-0.3, -0.25) is 0 Å². The highest BCUT2D eigenvalue weighted by Gasteiger charge is 2.20. The van der Waals surface area contributed by atoms with E-state index in [2.05, 4.69) is 26.2 Å². The SMILES string of the molecule is Cc1ccc(F)cc1C(N)c1c(Br)nnn1C.